The number of benzene rings is 1. The van der Waals surface area contributed by atoms with Gasteiger partial charge in [-0.3, -0.25) is 0 Å². The van der Waals surface area contributed by atoms with E-state index in [0.717, 1.165) is 5.19 Å². The average molecular weight is 201 g/mol. The largest absolute Gasteiger partial charge is 0.113 e. The van der Waals surface area contributed by atoms with E-state index in [9.17, 15) is 0 Å². The molecule has 0 aliphatic rings. The fourth-order valence-corrected chi connectivity index (χ4v) is 1.94. The molecule has 3 heteroatoms. The van der Waals surface area contributed by atoms with E-state index < -0.39 is 0 Å². The lowest BCUT2D eigenvalue weighted by Crippen LogP contribution is -2.12. The Hall–Kier alpha value is -0.243. The maximum absolute atomic E-state index is 5.90. The minimum atomic E-state index is 0.530. The highest BCUT2D eigenvalue weighted by atomic mass is 35.5. The van der Waals surface area contributed by atoms with Crippen LogP contribution in [0, 0.1) is 0 Å². The molecule has 0 spiro atoms. The smallest absolute Gasteiger partial charge is 0.107 e. The maximum atomic E-state index is 5.90. The normalized spacial score (nSPS) is 9.64. The Labute approximate surface area is 78.7 Å². The summed E-state index contributed by atoms with van der Waals surface area (Å²) in [5.41, 5.74) is 1.83. The quantitative estimate of drug-likeness (QED) is 0.645. The summed E-state index contributed by atoms with van der Waals surface area (Å²) in [4.78, 5) is 0. The van der Waals surface area contributed by atoms with Crippen molar-refractivity contribution in [3.05, 3.63) is 40.5 Å². The first-order valence-electron chi connectivity index (χ1n) is 3.07. The van der Waals surface area contributed by atoms with Gasteiger partial charge in [-0.15, -0.1) is 12.3 Å². The topological polar surface area (TPSA) is 0 Å². The van der Waals surface area contributed by atoms with Crippen LogP contribution in [0.1, 0.15) is 0 Å². The van der Waals surface area contributed by atoms with Gasteiger partial charge in [0, 0.05) is 0 Å². The molecule has 0 N–H and O–H groups in total. The molecule has 2 radical (unpaired) electrons. The number of halogens is 2. The summed E-state index contributed by atoms with van der Waals surface area (Å²) < 4.78 is 0. The van der Waals surface area contributed by atoms with Crippen LogP contribution in [0.5, 0.6) is 0 Å². The van der Waals surface area contributed by atoms with Gasteiger partial charge in [-0.05, 0) is 11.3 Å². The van der Waals surface area contributed by atoms with Gasteiger partial charge in [0.2, 0.25) is 0 Å². The highest BCUT2D eigenvalue weighted by Gasteiger charge is 2.01. The lowest BCUT2D eigenvalue weighted by Gasteiger charge is -2.00. The number of hydrogen-bond acceptors (Lipinski definition) is 0. The summed E-state index contributed by atoms with van der Waals surface area (Å²) >= 11 is 11.7. The second-order valence-corrected chi connectivity index (χ2v) is 3.97. The Bertz CT molecular complexity index is 271. The minimum absolute atomic E-state index is 0.530. The molecule has 0 aliphatic carbocycles. The van der Waals surface area contributed by atoms with Crippen LogP contribution in [0.25, 0.3) is 0 Å². The highest BCUT2D eigenvalue weighted by molar-refractivity contribution is 6.63. The molecule has 0 saturated carbocycles. The van der Waals surface area contributed by atoms with Gasteiger partial charge in [-0.1, -0.05) is 35.3 Å². The van der Waals surface area contributed by atoms with Crippen LogP contribution in [0.4, 0.5) is 0 Å². The van der Waals surface area contributed by atoms with Crippen molar-refractivity contribution >= 4 is 37.9 Å². The summed E-state index contributed by atoms with van der Waals surface area (Å²) in [5.74, 6) is 0. The van der Waals surface area contributed by atoms with Gasteiger partial charge in [0.15, 0.2) is 0 Å². The predicted octanol–water partition coefficient (Wildman–Crippen LogP) is 2.47. The molecule has 0 nitrogen and oxygen atoms in total. The van der Waals surface area contributed by atoms with Crippen LogP contribution in [0.15, 0.2) is 30.5 Å². The molecule has 56 valence electrons. The SMILES string of the molecule is C=C[Si]c1cccc(Cl)c1Cl. The van der Waals surface area contributed by atoms with Crippen molar-refractivity contribution in [1.29, 1.82) is 0 Å². The zero-order valence-electron chi connectivity index (χ0n) is 5.77. The Balaban J connectivity index is 3.05. The molecule has 0 fully saturated rings. The van der Waals surface area contributed by atoms with Crippen LogP contribution in [-0.4, -0.2) is 9.52 Å². The van der Waals surface area contributed by atoms with Crippen LogP contribution >= 0.6 is 23.2 Å². The van der Waals surface area contributed by atoms with Crippen LogP contribution in [0.3, 0.4) is 0 Å². The van der Waals surface area contributed by atoms with Gasteiger partial charge >= 0.3 is 0 Å². The zero-order valence-corrected chi connectivity index (χ0v) is 8.28. The molecule has 0 heterocycles. The molecule has 0 bridgehead atoms. The zero-order chi connectivity index (χ0) is 8.27. The number of hydrogen-bond donors (Lipinski definition) is 0. The van der Waals surface area contributed by atoms with E-state index >= 15 is 0 Å². The van der Waals surface area contributed by atoms with Crippen molar-refractivity contribution < 1.29 is 0 Å². The van der Waals surface area contributed by atoms with Crippen molar-refractivity contribution in [2.45, 2.75) is 0 Å². The Morgan fingerprint density at radius 2 is 2.09 bits per heavy atom. The molecule has 11 heavy (non-hydrogen) atoms. The van der Waals surface area contributed by atoms with E-state index in [1.54, 1.807) is 6.07 Å². The molecule has 0 atom stereocenters. The summed E-state index contributed by atoms with van der Waals surface area (Å²) in [6, 6.07) is 5.62. The highest BCUT2D eigenvalue weighted by Crippen LogP contribution is 2.17. The third kappa shape index (κ3) is 2.09. The lowest BCUT2D eigenvalue weighted by molar-refractivity contribution is 1.76. The molecule has 1 rings (SSSR count). The molecular formula is C8H6Cl2Si. The molecule has 0 amide bonds. The van der Waals surface area contributed by atoms with Crippen LogP contribution in [0.2, 0.25) is 10.0 Å². The van der Waals surface area contributed by atoms with Gasteiger partial charge in [-0.2, -0.15) is 0 Å². The van der Waals surface area contributed by atoms with Crippen molar-refractivity contribution in [2.24, 2.45) is 0 Å². The van der Waals surface area contributed by atoms with Gasteiger partial charge < -0.3 is 0 Å². The molecule has 0 saturated heterocycles. The maximum Gasteiger partial charge on any atom is 0.113 e. The second-order valence-electron chi connectivity index (χ2n) is 1.95. The molecular weight excluding hydrogens is 195 g/mol. The van der Waals surface area contributed by atoms with Crippen molar-refractivity contribution in [3.63, 3.8) is 0 Å². The van der Waals surface area contributed by atoms with E-state index in [4.69, 9.17) is 23.2 Å². The summed E-state index contributed by atoms with van der Waals surface area (Å²) in [6.45, 7) is 3.64. The lowest BCUT2D eigenvalue weighted by atomic mass is 10.4. The van der Waals surface area contributed by atoms with Gasteiger partial charge in [-0.25, -0.2) is 0 Å². The van der Waals surface area contributed by atoms with Crippen molar-refractivity contribution in [2.75, 3.05) is 0 Å². The van der Waals surface area contributed by atoms with E-state index in [2.05, 4.69) is 6.58 Å². The first-order chi connectivity index (χ1) is 5.25. The van der Waals surface area contributed by atoms with Gasteiger partial charge in [0.05, 0.1) is 10.0 Å². The van der Waals surface area contributed by atoms with Crippen molar-refractivity contribution in [1.82, 2.24) is 0 Å². The third-order valence-electron chi connectivity index (χ3n) is 1.21. The van der Waals surface area contributed by atoms with Crippen LogP contribution < -0.4 is 5.19 Å². The van der Waals surface area contributed by atoms with E-state index in [0.29, 0.717) is 19.6 Å². The summed E-state index contributed by atoms with van der Waals surface area (Å²) in [7, 11) is 0.530. The Morgan fingerprint density at radius 3 is 2.73 bits per heavy atom. The number of rotatable bonds is 2. The molecule has 0 aliphatic heterocycles. The predicted molar refractivity (Wildman–Crippen MR) is 52.0 cm³/mol. The summed E-state index contributed by atoms with van der Waals surface area (Å²) in [6.07, 6.45) is 0. The van der Waals surface area contributed by atoms with Gasteiger partial charge in [0.1, 0.15) is 9.52 Å². The third-order valence-corrected chi connectivity index (χ3v) is 3.12. The van der Waals surface area contributed by atoms with Gasteiger partial charge in [0.25, 0.3) is 0 Å². The second kappa shape index (κ2) is 3.95. The minimum Gasteiger partial charge on any atom is -0.107 e. The van der Waals surface area contributed by atoms with E-state index in [1.165, 1.54) is 0 Å². The Morgan fingerprint density at radius 1 is 1.36 bits per heavy atom. The average Bonchev–Trinajstić information content (AvgIpc) is 1.99. The van der Waals surface area contributed by atoms with E-state index in [1.807, 2.05) is 17.8 Å². The molecule has 0 unspecified atom stereocenters. The molecule has 1 aromatic carbocycles. The fraction of sp³-hybridized carbons (Fsp3) is 0. The molecule has 1 aromatic rings. The monoisotopic (exact) mass is 200 g/mol. The van der Waals surface area contributed by atoms with E-state index in [-0.39, 0.29) is 0 Å². The fourth-order valence-electron chi connectivity index (χ4n) is 0.725. The standard InChI is InChI=1S/C8H6Cl2Si/c1-2-11-7-5-3-4-6(9)8(7)10/h2-5H,1H2. The Kier molecular flexibility index (Phi) is 3.18. The summed E-state index contributed by atoms with van der Waals surface area (Å²) in [5, 5.41) is 2.31. The first kappa shape index (κ1) is 8.85. The molecule has 0 aromatic heterocycles. The van der Waals surface area contributed by atoms with Crippen LogP contribution in [-0.2, 0) is 0 Å². The first-order valence-corrected chi connectivity index (χ1v) is 4.90. The van der Waals surface area contributed by atoms with Crippen molar-refractivity contribution in [3.8, 4) is 0 Å².